The summed E-state index contributed by atoms with van der Waals surface area (Å²) in [5, 5.41) is 0.504. The van der Waals surface area contributed by atoms with Gasteiger partial charge in [-0.15, -0.1) is 0 Å². The third-order valence-corrected chi connectivity index (χ3v) is 6.87. The van der Waals surface area contributed by atoms with Crippen molar-refractivity contribution < 1.29 is 18.1 Å². The number of benzene rings is 2. The highest BCUT2D eigenvalue weighted by Gasteiger charge is 2.26. The lowest BCUT2D eigenvalue weighted by Crippen LogP contribution is -2.30. The Bertz CT molecular complexity index is 1230. The Labute approximate surface area is 191 Å². The lowest BCUT2D eigenvalue weighted by Gasteiger charge is -2.29. The molecule has 0 N–H and O–H groups in total. The molecule has 0 radical (unpaired) electrons. The van der Waals surface area contributed by atoms with E-state index < -0.39 is 18.8 Å². The number of fused-ring (bicyclic) bond motifs is 1. The summed E-state index contributed by atoms with van der Waals surface area (Å²) in [5.74, 6) is -0.353. The van der Waals surface area contributed by atoms with E-state index in [1.165, 1.54) is 19.2 Å². The van der Waals surface area contributed by atoms with Crippen LogP contribution in [0, 0.1) is 11.6 Å². The van der Waals surface area contributed by atoms with E-state index in [-0.39, 0.29) is 33.6 Å². The molecule has 0 saturated carbocycles. The van der Waals surface area contributed by atoms with Gasteiger partial charge in [0.05, 0.1) is 31.0 Å². The molecule has 1 aliphatic heterocycles. The van der Waals surface area contributed by atoms with Crippen LogP contribution in [0.4, 0.5) is 14.6 Å². The second-order valence-electron chi connectivity index (χ2n) is 8.50. The van der Waals surface area contributed by atoms with E-state index in [0.29, 0.717) is 17.0 Å². The molecule has 0 bridgehead atoms. The average molecular weight is 480 g/mol. The highest BCUT2D eigenvalue weighted by atomic mass is 35.5. The Morgan fingerprint density at radius 1 is 1.12 bits per heavy atom. The number of hydrogen-bond acceptors (Lipinski definition) is 5. The second-order valence-corrected chi connectivity index (χ2v) is 12.4. The highest BCUT2D eigenvalue weighted by molar-refractivity contribution is 7.61. The normalized spacial score (nSPS) is 14.8. The molecule has 1 saturated heterocycles. The summed E-state index contributed by atoms with van der Waals surface area (Å²) in [6.45, 7) is 4.86. The topological polar surface area (TPSA) is 55.3 Å². The number of rotatable bonds is 5. The Hall–Kier alpha value is -2.24. The quantitative estimate of drug-likeness (QED) is 0.399. The lowest BCUT2D eigenvalue weighted by molar-refractivity contribution is 0.413. The standard InChI is InChI=1S/C23H25ClF2N3O2P/c1-31-17-9-7-8-16(25)20(17)19-15(24)12-14-22(21(19)26)27-18(13-32(2,3)30)28-23(14)29-10-5-4-6-11-29/h7-9,12H,4-6,10-11,13H2,1-3H3. The molecular formula is C23H25ClF2N3O2P. The first-order valence-electron chi connectivity index (χ1n) is 10.5. The largest absolute Gasteiger partial charge is 0.496 e. The van der Waals surface area contributed by atoms with Gasteiger partial charge in [-0.1, -0.05) is 17.7 Å². The molecule has 1 aliphatic rings. The van der Waals surface area contributed by atoms with Crippen LogP contribution < -0.4 is 9.64 Å². The van der Waals surface area contributed by atoms with Crippen molar-refractivity contribution in [3.63, 3.8) is 0 Å². The fraction of sp³-hybridized carbons (Fsp3) is 0.391. The SMILES string of the molecule is COc1cccc(F)c1-c1c(Cl)cc2c(N3CCCCC3)nc(CP(C)(C)=O)nc2c1F. The van der Waals surface area contributed by atoms with Crippen LogP contribution >= 0.6 is 18.7 Å². The first kappa shape index (κ1) is 22.9. The van der Waals surface area contributed by atoms with E-state index >= 15 is 4.39 Å². The van der Waals surface area contributed by atoms with Gasteiger partial charge in [0.25, 0.3) is 0 Å². The molecule has 1 fully saturated rings. The van der Waals surface area contributed by atoms with Gasteiger partial charge in [-0.3, -0.25) is 0 Å². The summed E-state index contributed by atoms with van der Waals surface area (Å²) in [7, 11) is -1.12. The minimum Gasteiger partial charge on any atom is -0.496 e. The summed E-state index contributed by atoms with van der Waals surface area (Å²) in [4.78, 5) is 11.2. The van der Waals surface area contributed by atoms with E-state index in [4.69, 9.17) is 16.3 Å². The summed E-state index contributed by atoms with van der Waals surface area (Å²) < 4.78 is 48.5. The van der Waals surface area contributed by atoms with E-state index in [2.05, 4.69) is 14.9 Å². The van der Waals surface area contributed by atoms with Crippen LogP contribution in [-0.4, -0.2) is 43.5 Å². The summed E-state index contributed by atoms with van der Waals surface area (Å²) >= 11 is 6.52. The van der Waals surface area contributed by atoms with E-state index in [1.54, 1.807) is 25.5 Å². The smallest absolute Gasteiger partial charge is 0.159 e. The Morgan fingerprint density at radius 2 is 1.84 bits per heavy atom. The van der Waals surface area contributed by atoms with Gasteiger partial charge < -0.3 is 14.2 Å². The molecule has 2 heterocycles. The number of anilines is 1. The zero-order valence-electron chi connectivity index (χ0n) is 18.3. The van der Waals surface area contributed by atoms with Crippen molar-refractivity contribution in [1.82, 2.24) is 9.97 Å². The van der Waals surface area contributed by atoms with Crippen molar-refractivity contribution in [3.8, 4) is 16.9 Å². The molecule has 4 rings (SSSR count). The molecular weight excluding hydrogens is 455 g/mol. The predicted molar refractivity (Wildman–Crippen MR) is 126 cm³/mol. The monoisotopic (exact) mass is 479 g/mol. The summed E-state index contributed by atoms with van der Waals surface area (Å²) in [6.07, 6.45) is 3.27. The number of ether oxygens (including phenoxy) is 1. The molecule has 0 amide bonds. The number of halogens is 3. The first-order valence-corrected chi connectivity index (χ1v) is 13.7. The average Bonchev–Trinajstić information content (AvgIpc) is 2.74. The summed E-state index contributed by atoms with van der Waals surface area (Å²) in [5.41, 5.74) is -0.135. The van der Waals surface area contributed by atoms with Crippen LogP contribution in [0.2, 0.25) is 5.02 Å². The number of aromatic nitrogens is 2. The fourth-order valence-corrected chi connectivity index (χ4v) is 5.24. The molecule has 5 nitrogen and oxygen atoms in total. The third kappa shape index (κ3) is 4.46. The fourth-order valence-electron chi connectivity index (χ4n) is 4.13. The van der Waals surface area contributed by atoms with Gasteiger partial charge >= 0.3 is 0 Å². The van der Waals surface area contributed by atoms with Gasteiger partial charge in [-0.05, 0) is 50.8 Å². The maximum absolute atomic E-state index is 16.0. The number of piperidine rings is 1. The van der Waals surface area contributed by atoms with Crippen LogP contribution in [0.25, 0.3) is 22.0 Å². The summed E-state index contributed by atoms with van der Waals surface area (Å²) in [6, 6.07) is 5.85. The maximum Gasteiger partial charge on any atom is 0.159 e. The van der Waals surface area contributed by atoms with Gasteiger partial charge in [0, 0.05) is 24.0 Å². The lowest BCUT2D eigenvalue weighted by atomic mass is 10.0. The van der Waals surface area contributed by atoms with Crippen molar-refractivity contribution in [1.29, 1.82) is 0 Å². The minimum atomic E-state index is -2.51. The predicted octanol–water partition coefficient (Wildman–Crippen LogP) is 6.35. The van der Waals surface area contributed by atoms with Gasteiger partial charge in [0.2, 0.25) is 0 Å². The van der Waals surface area contributed by atoms with Crippen molar-refractivity contribution >= 4 is 35.5 Å². The van der Waals surface area contributed by atoms with Crippen molar-refractivity contribution in [2.75, 3.05) is 38.4 Å². The van der Waals surface area contributed by atoms with E-state index in [1.807, 2.05) is 0 Å². The minimum absolute atomic E-state index is 0.0359. The maximum atomic E-state index is 16.0. The zero-order valence-corrected chi connectivity index (χ0v) is 19.9. The number of hydrogen-bond donors (Lipinski definition) is 0. The van der Waals surface area contributed by atoms with Gasteiger partial charge in [0.15, 0.2) is 5.82 Å². The van der Waals surface area contributed by atoms with Gasteiger partial charge in [0.1, 0.15) is 28.7 Å². The first-order chi connectivity index (χ1) is 15.2. The van der Waals surface area contributed by atoms with Gasteiger partial charge in [-0.25, -0.2) is 18.7 Å². The molecule has 0 unspecified atom stereocenters. The van der Waals surface area contributed by atoms with Crippen molar-refractivity contribution in [2.24, 2.45) is 0 Å². The third-order valence-electron chi connectivity index (χ3n) is 5.53. The molecule has 32 heavy (non-hydrogen) atoms. The Morgan fingerprint density at radius 3 is 2.50 bits per heavy atom. The molecule has 170 valence electrons. The van der Waals surface area contributed by atoms with Crippen LogP contribution in [0.5, 0.6) is 5.75 Å². The zero-order chi connectivity index (χ0) is 23.0. The van der Waals surface area contributed by atoms with E-state index in [9.17, 15) is 8.96 Å². The van der Waals surface area contributed by atoms with Crippen LogP contribution in [0.15, 0.2) is 24.3 Å². The van der Waals surface area contributed by atoms with Crippen molar-refractivity contribution in [3.05, 3.63) is 46.7 Å². The molecule has 3 aromatic rings. The molecule has 0 atom stereocenters. The van der Waals surface area contributed by atoms with Crippen LogP contribution in [0.3, 0.4) is 0 Å². The Balaban J connectivity index is 2.02. The second kappa shape index (κ2) is 8.95. The van der Waals surface area contributed by atoms with E-state index in [0.717, 1.165) is 32.4 Å². The van der Waals surface area contributed by atoms with Gasteiger partial charge in [-0.2, -0.15) is 0 Å². The van der Waals surface area contributed by atoms with Crippen LogP contribution in [-0.2, 0) is 10.7 Å². The van der Waals surface area contributed by atoms with Crippen LogP contribution in [0.1, 0.15) is 25.1 Å². The Kier molecular flexibility index (Phi) is 6.42. The number of nitrogens with zero attached hydrogens (tertiary/aromatic N) is 3. The van der Waals surface area contributed by atoms with Crippen molar-refractivity contribution in [2.45, 2.75) is 25.4 Å². The number of methoxy groups -OCH3 is 1. The highest BCUT2D eigenvalue weighted by Crippen LogP contribution is 2.44. The molecule has 1 aromatic heterocycles. The molecule has 0 spiro atoms. The molecule has 0 aliphatic carbocycles. The molecule has 2 aromatic carbocycles. The molecule has 9 heteroatoms.